The van der Waals surface area contributed by atoms with Gasteiger partial charge in [-0.15, -0.1) is 5.10 Å². The minimum Gasteiger partial charge on any atom is -0.476 e. The topological polar surface area (TPSA) is 68.0 Å². The zero-order valence-electron chi connectivity index (χ0n) is 11.1. The number of hydrogen-bond donors (Lipinski definition) is 1. The van der Waals surface area contributed by atoms with Crippen LogP contribution in [0.3, 0.4) is 0 Å². The van der Waals surface area contributed by atoms with Gasteiger partial charge < -0.3 is 5.11 Å². The van der Waals surface area contributed by atoms with Gasteiger partial charge in [-0.1, -0.05) is 18.6 Å². The number of halogens is 3. The highest BCUT2D eigenvalue weighted by Gasteiger charge is 2.30. The second kappa shape index (κ2) is 5.55. The van der Waals surface area contributed by atoms with Crippen LogP contribution < -0.4 is 0 Å². The van der Waals surface area contributed by atoms with Crippen molar-refractivity contribution in [2.75, 3.05) is 0 Å². The molecule has 0 saturated heterocycles. The standard InChI is InChI=1S/C13H12F3N3O2/c1-2-3-10-11(12(20)21)17-18-19(10)9-6-4-8(5-7-9)13(14,15)16/h4-7H,2-3H2,1H3,(H,20,21). The van der Waals surface area contributed by atoms with E-state index in [2.05, 4.69) is 10.3 Å². The predicted molar refractivity (Wildman–Crippen MR) is 67.3 cm³/mol. The van der Waals surface area contributed by atoms with Gasteiger partial charge in [-0.3, -0.25) is 0 Å². The van der Waals surface area contributed by atoms with E-state index >= 15 is 0 Å². The van der Waals surface area contributed by atoms with Crippen molar-refractivity contribution in [1.82, 2.24) is 15.0 Å². The molecule has 1 heterocycles. The number of carboxylic acids is 1. The average molecular weight is 299 g/mol. The fourth-order valence-electron chi connectivity index (χ4n) is 1.93. The molecule has 1 N–H and O–H groups in total. The first-order chi connectivity index (χ1) is 9.84. The molecule has 21 heavy (non-hydrogen) atoms. The van der Waals surface area contributed by atoms with Gasteiger partial charge in [0.1, 0.15) is 0 Å². The Kier molecular flexibility index (Phi) is 3.97. The lowest BCUT2D eigenvalue weighted by atomic mass is 10.1. The molecule has 0 amide bonds. The summed E-state index contributed by atoms with van der Waals surface area (Å²) in [6, 6.07) is 4.32. The third-order valence-electron chi connectivity index (χ3n) is 2.89. The molecule has 0 atom stereocenters. The summed E-state index contributed by atoms with van der Waals surface area (Å²) in [4.78, 5) is 11.1. The molecule has 1 aromatic heterocycles. The Labute approximate surface area is 118 Å². The summed E-state index contributed by atoms with van der Waals surface area (Å²) in [5.41, 5.74) is -0.255. The SMILES string of the molecule is CCCc1c(C(=O)O)nnn1-c1ccc(C(F)(F)F)cc1. The molecular weight excluding hydrogens is 287 g/mol. The van der Waals surface area contributed by atoms with Gasteiger partial charge in [0.15, 0.2) is 5.69 Å². The van der Waals surface area contributed by atoms with Gasteiger partial charge in [0, 0.05) is 0 Å². The van der Waals surface area contributed by atoms with Crippen LogP contribution >= 0.6 is 0 Å². The number of alkyl halides is 3. The van der Waals surface area contributed by atoms with E-state index in [1.807, 2.05) is 6.92 Å². The Morgan fingerprint density at radius 1 is 1.29 bits per heavy atom. The maximum atomic E-state index is 12.5. The van der Waals surface area contributed by atoms with Gasteiger partial charge in [0.25, 0.3) is 0 Å². The molecule has 5 nitrogen and oxygen atoms in total. The number of benzene rings is 1. The summed E-state index contributed by atoms with van der Waals surface area (Å²) in [7, 11) is 0. The molecule has 0 unspecified atom stereocenters. The van der Waals surface area contributed by atoms with Gasteiger partial charge >= 0.3 is 12.1 Å². The van der Waals surface area contributed by atoms with Crippen LogP contribution in [0.15, 0.2) is 24.3 Å². The Balaban J connectivity index is 2.44. The molecule has 8 heteroatoms. The molecule has 0 aliphatic rings. The molecule has 112 valence electrons. The summed E-state index contributed by atoms with van der Waals surface area (Å²) < 4.78 is 38.8. The van der Waals surface area contributed by atoms with Crippen LogP contribution in [-0.4, -0.2) is 26.1 Å². The summed E-state index contributed by atoms with van der Waals surface area (Å²) >= 11 is 0. The van der Waals surface area contributed by atoms with Crippen molar-refractivity contribution in [3.63, 3.8) is 0 Å². The predicted octanol–water partition coefficient (Wildman–Crippen LogP) is 2.94. The highest BCUT2D eigenvalue weighted by atomic mass is 19.4. The summed E-state index contributed by atoms with van der Waals surface area (Å²) in [6.07, 6.45) is -3.34. The van der Waals surface area contributed by atoms with Crippen LogP contribution in [0.25, 0.3) is 5.69 Å². The fraction of sp³-hybridized carbons (Fsp3) is 0.308. The van der Waals surface area contributed by atoms with E-state index in [4.69, 9.17) is 5.11 Å². The zero-order valence-corrected chi connectivity index (χ0v) is 11.1. The van der Waals surface area contributed by atoms with Crippen LogP contribution in [0.2, 0.25) is 0 Å². The lowest BCUT2D eigenvalue weighted by molar-refractivity contribution is -0.137. The first-order valence-corrected chi connectivity index (χ1v) is 6.20. The molecule has 0 saturated carbocycles. The third-order valence-corrected chi connectivity index (χ3v) is 2.89. The molecular formula is C13H12F3N3O2. The van der Waals surface area contributed by atoms with Crippen molar-refractivity contribution in [1.29, 1.82) is 0 Å². The largest absolute Gasteiger partial charge is 0.476 e. The molecule has 0 bridgehead atoms. The van der Waals surface area contributed by atoms with Crippen molar-refractivity contribution >= 4 is 5.97 Å². The Morgan fingerprint density at radius 2 is 1.90 bits per heavy atom. The number of aromatic carboxylic acids is 1. The molecule has 0 aliphatic carbocycles. The molecule has 2 aromatic rings. The third kappa shape index (κ3) is 3.04. The van der Waals surface area contributed by atoms with E-state index < -0.39 is 17.7 Å². The van der Waals surface area contributed by atoms with E-state index in [1.54, 1.807) is 0 Å². The minimum atomic E-state index is -4.42. The summed E-state index contributed by atoms with van der Waals surface area (Å²) in [5.74, 6) is -1.21. The zero-order chi connectivity index (χ0) is 15.6. The van der Waals surface area contributed by atoms with Crippen LogP contribution in [0, 0.1) is 0 Å². The first kappa shape index (κ1) is 15.0. The second-order valence-corrected chi connectivity index (χ2v) is 4.40. The number of rotatable bonds is 4. The first-order valence-electron chi connectivity index (χ1n) is 6.20. The number of aromatic nitrogens is 3. The van der Waals surface area contributed by atoms with Crippen LogP contribution in [-0.2, 0) is 12.6 Å². The Bertz CT molecular complexity index is 648. The van der Waals surface area contributed by atoms with Crippen molar-refractivity contribution in [3.05, 3.63) is 41.2 Å². The monoisotopic (exact) mass is 299 g/mol. The maximum Gasteiger partial charge on any atom is 0.416 e. The minimum absolute atomic E-state index is 0.184. The van der Waals surface area contributed by atoms with Gasteiger partial charge in [-0.2, -0.15) is 13.2 Å². The molecule has 0 fully saturated rings. The van der Waals surface area contributed by atoms with E-state index in [9.17, 15) is 18.0 Å². The smallest absolute Gasteiger partial charge is 0.416 e. The number of carboxylic acid groups (broad SMARTS) is 1. The summed E-state index contributed by atoms with van der Waals surface area (Å²) in [5, 5.41) is 16.3. The molecule has 1 aromatic carbocycles. The average Bonchev–Trinajstić information content (AvgIpc) is 2.82. The number of hydrogen-bond acceptors (Lipinski definition) is 3. The van der Waals surface area contributed by atoms with E-state index in [-0.39, 0.29) is 5.69 Å². The molecule has 0 aliphatic heterocycles. The van der Waals surface area contributed by atoms with Gasteiger partial charge in [0.2, 0.25) is 0 Å². The molecule has 0 spiro atoms. The maximum absolute atomic E-state index is 12.5. The van der Waals surface area contributed by atoms with E-state index in [0.717, 1.165) is 12.1 Å². The molecule has 2 rings (SSSR count). The Morgan fingerprint density at radius 3 is 2.38 bits per heavy atom. The highest BCUT2D eigenvalue weighted by Crippen LogP contribution is 2.29. The highest BCUT2D eigenvalue weighted by molar-refractivity contribution is 5.86. The lowest BCUT2D eigenvalue weighted by Crippen LogP contribution is -2.08. The quantitative estimate of drug-likeness (QED) is 0.942. The van der Waals surface area contributed by atoms with Crippen molar-refractivity contribution in [2.45, 2.75) is 25.9 Å². The van der Waals surface area contributed by atoms with Gasteiger partial charge in [-0.25, -0.2) is 9.48 Å². The van der Waals surface area contributed by atoms with Gasteiger partial charge in [-0.05, 0) is 30.7 Å². The van der Waals surface area contributed by atoms with E-state index in [0.29, 0.717) is 24.2 Å². The number of carbonyl (C=O) groups is 1. The van der Waals surface area contributed by atoms with Gasteiger partial charge in [0.05, 0.1) is 16.9 Å². The summed E-state index contributed by atoms with van der Waals surface area (Å²) in [6.45, 7) is 1.86. The second-order valence-electron chi connectivity index (χ2n) is 4.40. The Hall–Kier alpha value is -2.38. The molecule has 0 radical (unpaired) electrons. The van der Waals surface area contributed by atoms with Crippen molar-refractivity contribution in [2.24, 2.45) is 0 Å². The van der Waals surface area contributed by atoms with Crippen LogP contribution in [0.5, 0.6) is 0 Å². The van der Waals surface area contributed by atoms with Crippen molar-refractivity contribution < 1.29 is 23.1 Å². The number of nitrogens with zero attached hydrogens (tertiary/aromatic N) is 3. The van der Waals surface area contributed by atoms with Crippen molar-refractivity contribution in [3.8, 4) is 5.69 Å². The van der Waals surface area contributed by atoms with E-state index in [1.165, 1.54) is 16.8 Å². The normalized spacial score (nSPS) is 11.6. The van der Waals surface area contributed by atoms with Crippen LogP contribution in [0.1, 0.15) is 35.1 Å². The lowest BCUT2D eigenvalue weighted by Gasteiger charge is -2.09. The van der Waals surface area contributed by atoms with Crippen LogP contribution in [0.4, 0.5) is 13.2 Å². The fourth-order valence-corrected chi connectivity index (χ4v) is 1.93.